The SMILES string of the molecule is c1ccc2c(c1)-c1c(ccc3ccc(-c4c5ccccc5c(-c5ccc6ccccc6c5)c5ccccc45)cc13)C21C2CC3CC(C2)CC1C3. The molecule has 5 aliphatic rings. The summed E-state index contributed by atoms with van der Waals surface area (Å²) in [6.45, 7) is 0. The van der Waals surface area contributed by atoms with Crippen molar-refractivity contribution in [2.45, 2.75) is 37.5 Å². The molecule has 0 heterocycles. The Morgan fingerprint density at radius 1 is 0.360 bits per heavy atom. The Bertz CT molecular complexity index is 2640. The van der Waals surface area contributed by atoms with E-state index in [2.05, 4.69) is 146 Å². The zero-order valence-corrected chi connectivity index (χ0v) is 28.2. The molecule has 8 aromatic carbocycles. The molecular weight excluding hydrogens is 601 g/mol. The minimum absolute atomic E-state index is 0.185. The molecule has 13 rings (SSSR count). The van der Waals surface area contributed by atoms with Crippen LogP contribution in [0, 0.1) is 23.7 Å². The monoisotopic (exact) mass is 638 g/mol. The molecule has 0 unspecified atom stereocenters. The zero-order chi connectivity index (χ0) is 32.6. The summed E-state index contributed by atoms with van der Waals surface area (Å²) in [4.78, 5) is 0. The Kier molecular flexibility index (Phi) is 5.49. The van der Waals surface area contributed by atoms with E-state index < -0.39 is 0 Å². The van der Waals surface area contributed by atoms with Gasteiger partial charge in [0.05, 0.1) is 0 Å². The second-order valence-corrected chi connectivity index (χ2v) is 16.0. The van der Waals surface area contributed by atoms with Crippen LogP contribution in [0.5, 0.6) is 0 Å². The van der Waals surface area contributed by atoms with Crippen LogP contribution >= 0.6 is 0 Å². The average Bonchev–Trinajstić information content (AvgIpc) is 3.46. The van der Waals surface area contributed by atoms with Gasteiger partial charge >= 0.3 is 0 Å². The van der Waals surface area contributed by atoms with Crippen molar-refractivity contribution in [1.82, 2.24) is 0 Å². The number of benzene rings is 8. The van der Waals surface area contributed by atoms with E-state index in [9.17, 15) is 0 Å². The van der Waals surface area contributed by atoms with E-state index in [0.29, 0.717) is 0 Å². The van der Waals surface area contributed by atoms with E-state index in [1.165, 1.54) is 109 Å². The highest BCUT2D eigenvalue weighted by molar-refractivity contribution is 6.22. The van der Waals surface area contributed by atoms with Gasteiger partial charge in [-0.2, -0.15) is 0 Å². The maximum atomic E-state index is 2.56. The molecule has 50 heavy (non-hydrogen) atoms. The summed E-state index contributed by atoms with van der Waals surface area (Å²) in [5.41, 5.74) is 11.7. The predicted molar refractivity (Wildman–Crippen MR) is 211 cm³/mol. The Hall–Kier alpha value is -5.20. The molecule has 1 spiro atoms. The molecule has 5 aliphatic carbocycles. The summed E-state index contributed by atoms with van der Waals surface area (Å²) in [6, 6.07) is 55.8. The van der Waals surface area contributed by atoms with Crippen LogP contribution in [0.15, 0.2) is 146 Å². The lowest BCUT2D eigenvalue weighted by atomic mass is 9.43. The van der Waals surface area contributed by atoms with Crippen molar-refractivity contribution in [3.63, 3.8) is 0 Å². The van der Waals surface area contributed by atoms with Gasteiger partial charge in [-0.3, -0.25) is 0 Å². The largest absolute Gasteiger partial charge is 0.0619 e. The van der Waals surface area contributed by atoms with Gasteiger partial charge in [-0.25, -0.2) is 0 Å². The van der Waals surface area contributed by atoms with Crippen molar-refractivity contribution < 1.29 is 0 Å². The fraction of sp³-hybridized carbons (Fsp3) is 0.200. The third-order valence-electron chi connectivity index (χ3n) is 13.8. The van der Waals surface area contributed by atoms with Crippen LogP contribution in [-0.2, 0) is 5.41 Å². The molecule has 4 fully saturated rings. The second-order valence-electron chi connectivity index (χ2n) is 16.0. The van der Waals surface area contributed by atoms with Gasteiger partial charge < -0.3 is 0 Å². The minimum Gasteiger partial charge on any atom is -0.0619 e. The first kappa shape index (κ1) is 27.6. The van der Waals surface area contributed by atoms with Gasteiger partial charge in [-0.05, 0) is 156 Å². The molecule has 0 heteroatoms. The Morgan fingerprint density at radius 2 is 0.880 bits per heavy atom. The van der Waals surface area contributed by atoms with Crippen LogP contribution in [0.4, 0.5) is 0 Å². The first-order chi connectivity index (χ1) is 24.8. The summed E-state index contributed by atoms with van der Waals surface area (Å²) < 4.78 is 0. The minimum atomic E-state index is 0.185. The lowest BCUT2D eigenvalue weighted by Gasteiger charge is -2.61. The van der Waals surface area contributed by atoms with E-state index >= 15 is 0 Å². The quantitative estimate of drug-likeness (QED) is 0.165. The van der Waals surface area contributed by atoms with Crippen LogP contribution in [0.3, 0.4) is 0 Å². The van der Waals surface area contributed by atoms with Crippen molar-refractivity contribution in [1.29, 1.82) is 0 Å². The Morgan fingerprint density at radius 3 is 1.54 bits per heavy atom. The van der Waals surface area contributed by atoms with Gasteiger partial charge in [-0.1, -0.05) is 133 Å². The van der Waals surface area contributed by atoms with E-state index in [1.807, 2.05) is 0 Å². The van der Waals surface area contributed by atoms with Crippen molar-refractivity contribution >= 4 is 43.1 Å². The van der Waals surface area contributed by atoms with Crippen molar-refractivity contribution in [3.05, 3.63) is 157 Å². The summed E-state index contributed by atoms with van der Waals surface area (Å²) in [5.74, 6) is 3.45. The molecule has 0 radical (unpaired) electrons. The standard InChI is InChI=1S/C50H38/c1-2-10-34-28-35(19-17-32(34)9-1)47-39-11-3-5-13-41(39)48(42-14-6-4-12-40(42)47)36-20-18-33-21-22-46-49(44(33)29-36)43-15-7-8-16-45(43)50(46)37-24-30-23-31(26-37)27-38(50)25-30/h1-22,28-31,37-38H,23-27H2. The van der Waals surface area contributed by atoms with Crippen LogP contribution in [0.2, 0.25) is 0 Å². The maximum Gasteiger partial charge on any atom is 0.0272 e. The fourth-order valence-corrected chi connectivity index (χ4v) is 12.2. The second kappa shape index (κ2) is 9.95. The third-order valence-corrected chi connectivity index (χ3v) is 13.8. The van der Waals surface area contributed by atoms with E-state index in [-0.39, 0.29) is 5.41 Å². The topological polar surface area (TPSA) is 0 Å². The molecule has 0 N–H and O–H groups in total. The van der Waals surface area contributed by atoms with Crippen LogP contribution < -0.4 is 0 Å². The molecule has 0 saturated heterocycles. The molecule has 0 aromatic heterocycles. The summed E-state index contributed by atoms with van der Waals surface area (Å²) in [5, 5.41) is 10.6. The maximum absolute atomic E-state index is 2.56. The van der Waals surface area contributed by atoms with Crippen molar-refractivity contribution in [2.75, 3.05) is 0 Å². The zero-order valence-electron chi connectivity index (χ0n) is 28.2. The molecule has 238 valence electrons. The molecule has 4 saturated carbocycles. The number of hydrogen-bond donors (Lipinski definition) is 0. The smallest absolute Gasteiger partial charge is 0.0272 e. The normalized spacial score (nSPS) is 24.5. The van der Waals surface area contributed by atoms with Crippen LogP contribution in [0.1, 0.15) is 43.2 Å². The van der Waals surface area contributed by atoms with Crippen LogP contribution in [-0.4, -0.2) is 0 Å². The fourth-order valence-electron chi connectivity index (χ4n) is 12.2. The predicted octanol–water partition coefficient (Wildman–Crippen LogP) is 13.4. The van der Waals surface area contributed by atoms with Gasteiger partial charge in [0.25, 0.3) is 0 Å². The highest BCUT2D eigenvalue weighted by Gasteiger charge is 2.61. The molecule has 0 aliphatic heterocycles. The lowest BCUT2D eigenvalue weighted by Crippen LogP contribution is -2.55. The molecule has 8 aromatic rings. The van der Waals surface area contributed by atoms with E-state index in [0.717, 1.165) is 23.7 Å². The molecule has 0 nitrogen and oxygen atoms in total. The van der Waals surface area contributed by atoms with Crippen molar-refractivity contribution in [2.24, 2.45) is 23.7 Å². The molecule has 4 bridgehead atoms. The van der Waals surface area contributed by atoms with E-state index in [1.54, 1.807) is 11.1 Å². The van der Waals surface area contributed by atoms with E-state index in [4.69, 9.17) is 0 Å². The summed E-state index contributed by atoms with van der Waals surface area (Å²) in [6.07, 6.45) is 7.15. The number of hydrogen-bond acceptors (Lipinski definition) is 0. The highest BCUT2D eigenvalue weighted by atomic mass is 14.6. The Balaban J connectivity index is 1.13. The third kappa shape index (κ3) is 3.52. The first-order valence-corrected chi connectivity index (χ1v) is 18.9. The molecule has 0 atom stereocenters. The van der Waals surface area contributed by atoms with Crippen LogP contribution in [0.25, 0.3) is 76.5 Å². The molecule has 0 amide bonds. The van der Waals surface area contributed by atoms with Gasteiger partial charge in [0.15, 0.2) is 0 Å². The van der Waals surface area contributed by atoms with Gasteiger partial charge in [0.1, 0.15) is 0 Å². The highest BCUT2D eigenvalue weighted by Crippen LogP contribution is 2.70. The summed E-state index contributed by atoms with van der Waals surface area (Å²) in [7, 11) is 0. The molecular formula is C50H38. The first-order valence-electron chi connectivity index (χ1n) is 18.9. The van der Waals surface area contributed by atoms with Crippen molar-refractivity contribution in [3.8, 4) is 33.4 Å². The Labute approximate surface area is 293 Å². The van der Waals surface area contributed by atoms with Gasteiger partial charge in [-0.15, -0.1) is 0 Å². The number of rotatable bonds is 2. The summed E-state index contributed by atoms with van der Waals surface area (Å²) >= 11 is 0. The number of fused-ring (bicyclic) bond motifs is 8. The average molecular weight is 639 g/mol. The van der Waals surface area contributed by atoms with Gasteiger partial charge in [0, 0.05) is 5.41 Å². The lowest BCUT2D eigenvalue weighted by molar-refractivity contribution is -0.0399. The van der Waals surface area contributed by atoms with Gasteiger partial charge in [0.2, 0.25) is 0 Å².